The average molecular weight is 230 g/mol. The highest BCUT2D eigenvalue weighted by molar-refractivity contribution is 5.80. The summed E-state index contributed by atoms with van der Waals surface area (Å²) in [6, 6.07) is 0.316. The van der Waals surface area contributed by atoms with E-state index in [0.717, 1.165) is 26.1 Å². The molecular weight excluding hydrogens is 204 g/mol. The van der Waals surface area contributed by atoms with Gasteiger partial charge in [-0.2, -0.15) is 0 Å². The summed E-state index contributed by atoms with van der Waals surface area (Å²) >= 11 is 0. The summed E-state index contributed by atoms with van der Waals surface area (Å²) in [6.45, 7) is 7.37. The minimum Gasteiger partial charge on any atom is -0.409 e. The van der Waals surface area contributed by atoms with E-state index >= 15 is 0 Å². The summed E-state index contributed by atoms with van der Waals surface area (Å²) in [4.78, 5) is 4.54. The van der Waals surface area contributed by atoms with Crippen LogP contribution >= 0.6 is 0 Å². The van der Waals surface area contributed by atoms with Crippen molar-refractivity contribution in [3.8, 4) is 0 Å². The van der Waals surface area contributed by atoms with Crippen LogP contribution in [0.4, 0.5) is 0 Å². The summed E-state index contributed by atoms with van der Waals surface area (Å²) in [5, 5.41) is 11.6. The number of likely N-dealkylation sites (N-methyl/N-ethyl adjacent to an activating group) is 1. The number of nitrogens with two attached hydrogens (primary N) is 1. The zero-order valence-corrected chi connectivity index (χ0v) is 11.0. The molecule has 0 amide bonds. The molecule has 3 N–H and O–H groups in total. The van der Waals surface area contributed by atoms with Crippen LogP contribution in [-0.4, -0.2) is 60.6 Å². The van der Waals surface area contributed by atoms with Gasteiger partial charge in [-0.1, -0.05) is 12.1 Å². The summed E-state index contributed by atoms with van der Waals surface area (Å²) in [5.74, 6) is 0.304. The summed E-state index contributed by atoms with van der Waals surface area (Å²) in [7, 11) is 4.14. The van der Waals surface area contributed by atoms with Gasteiger partial charge in [0.05, 0.1) is 0 Å². The lowest BCUT2D eigenvalue weighted by Gasteiger charge is -2.29. The van der Waals surface area contributed by atoms with Gasteiger partial charge in [-0.05, 0) is 34.0 Å². The van der Waals surface area contributed by atoms with Crippen LogP contribution in [0, 0.1) is 0 Å². The van der Waals surface area contributed by atoms with E-state index in [2.05, 4.69) is 42.9 Å². The Morgan fingerprint density at radius 3 is 2.38 bits per heavy atom. The molecule has 0 radical (unpaired) electrons. The molecule has 0 aliphatic carbocycles. The van der Waals surface area contributed by atoms with Crippen LogP contribution in [-0.2, 0) is 0 Å². The molecule has 0 aliphatic rings. The van der Waals surface area contributed by atoms with Crippen molar-refractivity contribution in [1.82, 2.24) is 9.80 Å². The van der Waals surface area contributed by atoms with E-state index in [0.29, 0.717) is 18.3 Å². The van der Waals surface area contributed by atoms with Gasteiger partial charge in [0.15, 0.2) is 0 Å². The third-order valence-corrected chi connectivity index (χ3v) is 2.60. The van der Waals surface area contributed by atoms with Crippen molar-refractivity contribution >= 4 is 5.84 Å². The average Bonchev–Trinajstić information content (AvgIpc) is 2.23. The molecule has 96 valence electrons. The second kappa shape index (κ2) is 8.35. The van der Waals surface area contributed by atoms with E-state index in [1.165, 1.54) is 0 Å². The first-order valence-electron chi connectivity index (χ1n) is 5.86. The second-order valence-corrected chi connectivity index (χ2v) is 4.48. The van der Waals surface area contributed by atoms with E-state index in [4.69, 9.17) is 10.9 Å². The molecule has 0 aromatic heterocycles. The van der Waals surface area contributed by atoms with Crippen LogP contribution in [0.2, 0.25) is 0 Å². The Morgan fingerprint density at radius 1 is 1.31 bits per heavy atom. The Morgan fingerprint density at radius 2 is 1.94 bits per heavy atom. The Kier molecular flexibility index (Phi) is 7.93. The molecule has 0 rings (SSSR count). The molecule has 0 heterocycles. The molecule has 1 atom stereocenters. The Balaban J connectivity index is 4.17. The number of hydrogen-bond acceptors (Lipinski definition) is 4. The maximum Gasteiger partial charge on any atom is 0.140 e. The molecule has 16 heavy (non-hydrogen) atoms. The van der Waals surface area contributed by atoms with Crippen molar-refractivity contribution in [3.63, 3.8) is 0 Å². The Hall–Kier alpha value is -0.810. The third kappa shape index (κ3) is 6.63. The van der Waals surface area contributed by atoms with Crippen molar-refractivity contribution < 1.29 is 5.21 Å². The zero-order valence-electron chi connectivity index (χ0n) is 11.0. The van der Waals surface area contributed by atoms with Crippen molar-refractivity contribution in [1.29, 1.82) is 0 Å². The molecular formula is C11H26N4O. The number of amidine groups is 1. The molecule has 0 fully saturated rings. The SMILES string of the molecule is CCCN(CCN(C)C)C(C)CC(N)=NO. The quantitative estimate of drug-likeness (QED) is 0.280. The normalized spacial score (nSPS) is 14.8. The van der Waals surface area contributed by atoms with E-state index in [1.54, 1.807) is 0 Å². The summed E-state index contributed by atoms with van der Waals surface area (Å²) in [5.41, 5.74) is 5.53. The van der Waals surface area contributed by atoms with Gasteiger partial charge >= 0.3 is 0 Å². The molecule has 0 bridgehead atoms. The lowest BCUT2D eigenvalue weighted by Crippen LogP contribution is -2.40. The fourth-order valence-corrected chi connectivity index (χ4v) is 1.64. The van der Waals surface area contributed by atoms with Gasteiger partial charge in [0.2, 0.25) is 0 Å². The van der Waals surface area contributed by atoms with Gasteiger partial charge in [0.25, 0.3) is 0 Å². The van der Waals surface area contributed by atoms with Crippen LogP contribution < -0.4 is 5.73 Å². The van der Waals surface area contributed by atoms with Gasteiger partial charge in [0, 0.05) is 25.6 Å². The van der Waals surface area contributed by atoms with Crippen molar-refractivity contribution in [2.45, 2.75) is 32.7 Å². The third-order valence-electron chi connectivity index (χ3n) is 2.60. The fourth-order valence-electron chi connectivity index (χ4n) is 1.64. The first kappa shape index (κ1) is 15.2. The number of nitrogens with zero attached hydrogens (tertiary/aromatic N) is 3. The molecule has 0 saturated heterocycles. The van der Waals surface area contributed by atoms with E-state index < -0.39 is 0 Å². The molecule has 1 unspecified atom stereocenters. The second-order valence-electron chi connectivity index (χ2n) is 4.48. The largest absolute Gasteiger partial charge is 0.409 e. The van der Waals surface area contributed by atoms with E-state index in [1.807, 2.05) is 0 Å². The highest BCUT2D eigenvalue weighted by atomic mass is 16.4. The van der Waals surface area contributed by atoms with Gasteiger partial charge in [-0.15, -0.1) is 0 Å². The predicted octanol–water partition coefficient (Wildman–Crippen LogP) is 0.785. The monoisotopic (exact) mass is 230 g/mol. The molecule has 0 spiro atoms. The molecule has 5 nitrogen and oxygen atoms in total. The minimum atomic E-state index is 0.304. The van der Waals surface area contributed by atoms with E-state index in [9.17, 15) is 0 Å². The lowest BCUT2D eigenvalue weighted by molar-refractivity contribution is 0.191. The first-order chi connectivity index (χ1) is 7.51. The van der Waals surface area contributed by atoms with Crippen LogP contribution in [0.3, 0.4) is 0 Å². The maximum absolute atomic E-state index is 8.55. The maximum atomic E-state index is 8.55. The number of hydrogen-bond donors (Lipinski definition) is 2. The predicted molar refractivity (Wildman–Crippen MR) is 67.9 cm³/mol. The van der Waals surface area contributed by atoms with Gasteiger partial charge < -0.3 is 15.8 Å². The molecule has 0 aliphatic heterocycles. The van der Waals surface area contributed by atoms with Crippen LogP contribution in [0.5, 0.6) is 0 Å². The number of rotatable bonds is 8. The topological polar surface area (TPSA) is 65.1 Å². The Labute approximate surface area is 98.9 Å². The molecule has 0 saturated carbocycles. The molecule has 0 aromatic carbocycles. The van der Waals surface area contributed by atoms with Crippen molar-refractivity contribution in [2.24, 2.45) is 10.9 Å². The highest BCUT2D eigenvalue weighted by Crippen LogP contribution is 2.05. The smallest absolute Gasteiger partial charge is 0.140 e. The minimum absolute atomic E-state index is 0.304. The van der Waals surface area contributed by atoms with Crippen molar-refractivity contribution in [2.75, 3.05) is 33.7 Å². The summed E-state index contributed by atoms with van der Waals surface area (Å²) in [6.07, 6.45) is 1.73. The molecule has 0 aromatic rings. The van der Waals surface area contributed by atoms with Crippen LogP contribution in [0.25, 0.3) is 0 Å². The van der Waals surface area contributed by atoms with Crippen molar-refractivity contribution in [3.05, 3.63) is 0 Å². The van der Waals surface area contributed by atoms with Gasteiger partial charge in [-0.25, -0.2) is 0 Å². The van der Waals surface area contributed by atoms with Gasteiger partial charge in [-0.3, -0.25) is 4.90 Å². The van der Waals surface area contributed by atoms with Crippen LogP contribution in [0.1, 0.15) is 26.7 Å². The van der Waals surface area contributed by atoms with Crippen LogP contribution in [0.15, 0.2) is 5.16 Å². The molecule has 5 heteroatoms. The summed E-state index contributed by atoms with van der Waals surface area (Å²) < 4.78 is 0. The highest BCUT2D eigenvalue weighted by Gasteiger charge is 2.14. The first-order valence-corrected chi connectivity index (χ1v) is 5.86. The lowest BCUT2D eigenvalue weighted by atomic mass is 10.2. The van der Waals surface area contributed by atoms with Gasteiger partial charge in [0.1, 0.15) is 5.84 Å². The Bertz CT molecular complexity index is 206. The number of oxime groups is 1. The fraction of sp³-hybridized carbons (Fsp3) is 0.909. The van der Waals surface area contributed by atoms with E-state index in [-0.39, 0.29) is 0 Å². The standard InChI is InChI=1S/C11H26N4O/c1-5-6-15(8-7-14(3)4)10(2)9-11(12)13-16/h10,16H,5-9H2,1-4H3,(H2,12,13). The zero-order chi connectivity index (χ0) is 12.6.